The second-order valence-electron chi connectivity index (χ2n) is 7.16. The third-order valence-electron chi connectivity index (χ3n) is 5.03. The number of hydrogen-bond donors (Lipinski definition) is 1. The average molecular weight is 415 g/mol. The van der Waals surface area contributed by atoms with E-state index in [2.05, 4.69) is 11.9 Å². The summed E-state index contributed by atoms with van der Waals surface area (Å²) in [6.45, 7) is 6.00. The van der Waals surface area contributed by atoms with E-state index in [1.165, 1.54) is 0 Å². The number of amides is 2. The lowest BCUT2D eigenvalue weighted by Crippen LogP contribution is -2.29. The second kappa shape index (κ2) is 10.3. The van der Waals surface area contributed by atoms with Gasteiger partial charge in [-0.2, -0.15) is 0 Å². The smallest absolute Gasteiger partial charge is 0.255 e. The molecule has 0 saturated carbocycles. The largest absolute Gasteiger partial charge is 0.490 e. The van der Waals surface area contributed by atoms with Crippen LogP contribution in [0.15, 0.2) is 91.5 Å². The fourth-order valence-corrected chi connectivity index (χ4v) is 3.12. The van der Waals surface area contributed by atoms with Gasteiger partial charge >= 0.3 is 0 Å². The van der Waals surface area contributed by atoms with Crippen LogP contribution in [0.3, 0.4) is 0 Å². The Morgan fingerprint density at radius 1 is 1.00 bits per heavy atom. The fourth-order valence-electron chi connectivity index (χ4n) is 3.12. The van der Waals surface area contributed by atoms with Crippen LogP contribution in [-0.4, -0.2) is 30.4 Å². The van der Waals surface area contributed by atoms with Gasteiger partial charge in [-0.05, 0) is 61.0 Å². The number of nitrogens with one attached hydrogen (secondary N) is 1. The molecule has 0 aliphatic carbocycles. The average Bonchev–Trinajstić information content (AvgIpc) is 2.82. The molecule has 5 nitrogen and oxygen atoms in total. The Balaban J connectivity index is 1.69. The zero-order valence-corrected chi connectivity index (χ0v) is 17.7. The first-order valence-electron chi connectivity index (χ1n) is 10.1. The van der Waals surface area contributed by atoms with Crippen molar-refractivity contribution in [3.05, 3.63) is 108 Å². The number of carbonyl (C=O) groups excluding carboxylic acids is 2. The Morgan fingerprint density at radius 3 is 2.39 bits per heavy atom. The van der Waals surface area contributed by atoms with Gasteiger partial charge in [-0.25, -0.2) is 0 Å². The SMILES string of the molecule is C=CCOc1ccc(C(=O)N(C)C(C)c2cccc(NC(=O)c3ccccc3)c2)cc1. The predicted octanol–water partition coefficient (Wildman–Crippen LogP) is 5.34. The maximum Gasteiger partial charge on any atom is 0.255 e. The van der Waals surface area contributed by atoms with Crippen LogP contribution in [0.2, 0.25) is 0 Å². The van der Waals surface area contributed by atoms with Crippen molar-refractivity contribution < 1.29 is 14.3 Å². The van der Waals surface area contributed by atoms with Crippen molar-refractivity contribution in [2.45, 2.75) is 13.0 Å². The molecule has 0 fully saturated rings. The van der Waals surface area contributed by atoms with Gasteiger partial charge in [-0.1, -0.05) is 43.0 Å². The van der Waals surface area contributed by atoms with Gasteiger partial charge in [0.15, 0.2) is 0 Å². The Hall–Kier alpha value is -3.86. The van der Waals surface area contributed by atoms with Crippen LogP contribution < -0.4 is 10.1 Å². The normalized spacial score (nSPS) is 11.3. The molecule has 0 aromatic heterocycles. The zero-order valence-electron chi connectivity index (χ0n) is 17.7. The first kappa shape index (κ1) is 21.8. The van der Waals surface area contributed by atoms with Crippen molar-refractivity contribution in [2.24, 2.45) is 0 Å². The van der Waals surface area contributed by atoms with E-state index in [0.717, 1.165) is 5.56 Å². The van der Waals surface area contributed by atoms with Crippen molar-refractivity contribution in [2.75, 3.05) is 19.0 Å². The molecular weight excluding hydrogens is 388 g/mol. The molecule has 1 atom stereocenters. The van der Waals surface area contributed by atoms with E-state index in [-0.39, 0.29) is 17.9 Å². The first-order valence-corrected chi connectivity index (χ1v) is 10.1. The highest BCUT2D eigenvalue weighted by atomic mass is 16.5. The number of benzene rings is 3. The van der Waals surface area contributed by atoms with Gasteiger partial charge in [0.1, 0.15) is 12.4 Å². The molecule has 3 aromatic rings. The van der Waals surface area contributed by atoms with Crippen LogP contribution in [0.25, 0.3) is 0 Å². The molecule has 0 spiro atoms. The lowest BCUT2D eigenvalue weighted by molar-refractivity contribution is 0.0742. The number of ether oxygens (including phenoxy) is 1. The van der Waals surface area contributed by atoms with Gasteiger partial charge in [0.2, 0.25) is 0 Å². The van der Waals surface area contributed by atoms with Crippen LogP contribution >= 0.6 is 0 Å². The van der Waals surface area contributed by atoms with E-state index in [1.54, 1.807) is 54.4 Å². The minimum Gasteiger partial charge on any atom is -0.490 e. The van der Waals surface area contributed by atoms with Gasteiger partial charge < -0.3 is 15.0 Å². The summed E-state index contributed by atoms with van der Waals surface area (Å²) in [5, 5.41) is 2.91. The molecule has 0 aliphatic heterocycles. The highest BCUT2D eigenvalue weighted by Crippen LogP contribution is 2.24. The summed E-state index contributed by atoms with van der Waals surface area (Å²) < 4.78 is 5.47. The van der Waals surface area contributed by atoms with Crippen LogP contribution in [0, 0.1) is 0 Å². The first-order chi connectivity index (χ1) is 15.0. The Kier molecular flexibility index (Phi) is 7.22. The Bertz CT molecular complexity index is 1050. The molecular formula is C26H26N2O3. The molecule has 0 bridgehead atoms. The van der Waals surface area contributed by atoms with Gasteiger partial charge in [0.05, 0.1) is 6.04 Å². The summed E-state index contributed by atoms with van der Waals surface area (Å²) in [6, 6.07) is 23.5. The summed E-state index contributed by atoms with van der Waals surface area (Å²) in [5.41, 5.74) is 2.78. The third-order valence-corrected chi connectivity index (χ3v) is 5.03. The highest BCUT2D eigenvalue weighted by Gasteiger charge is 2.19. The monoisotopic (exact) mass is 414 g/mol. The molecule has 0 radical (unpaired) electrons. The number of hydrogen-bond acceptors (Lipinski definition) is 3. The molecule has 0 aliphatic rings. The fraction of sp³-hybridized carbons (Fsp3) is 0.154. The maximum absolute atomic E-state index is 12.9. The van der Waals surface area contributed by atoms with E-state index < -0.39 is 0 Å². The minimum atomic E-state index is -0.183. The van der Waals surface area contributed by atoms with Gasteiger partial charge in [0, 0.05) is 23.9 Å². The van der Waals surface area contributed by atoms with Crippen LogP contribution in [0.5, 0.6) is 5.75 Å². The van der Waals surface area contributed by atoms with Crippen molar-refractivity contribution in [3.63, 3.8) is 0 Å². The summed E-state index contributed by atoms with van der Waals surface area (Å²) in [5.74, 6) is 0.420. The molecule has 0 heterocycles. The van der Waals surface area contributed by atoms with Crippen molar-refractivity contribution in [1.29, 1.82) is 0 Å². The molecule has 0 saturated heterocycles. The lowest BCUT2D eigenvalue weighted by Gasteiger charge is -2.26. The van der Waals surface area contributed by atoms with E-state index >= 15 is 0 Å². The Morgan fingerprint density at radius 2 is 1.71 bits per heavy atom. The molecule has 3 aromatic carbocycles. The van der Waals surface area contributed by atoms with Crippen molar-refractivity contribution >= 4 is 17.5 Å². The summed E-state index contributed by atoms with van der Waals surface area (Å²) in [7, 11) is 1.77. The van der Waals surface area contributed by atoms with Gasteiger partial charge in [0.25, 0.3) is 11.8 Å². The zero-order chi connectivity index (χ0) is 22.2. The van der Waals surface area contributed by atoms with Crippen molar-refractivity contribution in [1.82, 2.24) is 4.90 Å². The third kappa shape index (κ3) is 5.60. The standard InChI is InChI=1S/C26H26N2O3/c1-4-17-31-24-15-13-21(14-16-24)26(30)28(3)19(2)22-11-8-12-23(18-22)27-25(29)20-9-6-5-7-10-20/h4-16,18-19H,1,17H2,2-3H3,(H,27,29). The number of rotatable bonds is 8. The van der Waals surface area contributed by atoms with Crippen molar-refractivity contribution in [3.8, 4) is 5.75 Å². The lowest BCUT2D eigenvalue weighted by atomic mass is 10.0. The molecule has 2 amide bonds. The molecule has 31 heavy (non-hydrogen) atoms. The molecule has 5 heteroatoms. The summed E-state index contributed by atoms with van der Waals surface area (Å²) >= 11 is 0. The number of nitrogens with zero attached hydrogens (tertiary/aromatic N) is 1. The molecule has 1 N–H and O–H groups in total. The van der Waals surface area contributed by atoms with Crippen LogP contribution in [0.4, 0.5) is 5.69 Å². The van der Waals surface area contributed by atoms with Gasteiger partial charge in [-0.3, -0.25) is 9.59 Å². The maximum atomic E-state index is 12.9. The Labute approximate surface area is 183 Å². The summed E-state index contributed by atoms with van der Waals surface area (Å²) in [4.78, 5) is 27.0. The number of carbonyl (C=O) groups is 2. The van der Waals surface area contributed by atoms with E-state index in [4.69, 9.17) is 4.74 Å². The number of anilines is 1. The topological polar surface area (TPSA) is 58.6 Å². The van der Waals surface area contributed by atoms with E-state index in [1.807, 2.05) is 49.4 Å². The van der Waals surface area contributed by atoms with E-state index in [9.17, 15) is 9.59 Å². The molecule has 3 rings (SSSR count). The highest BCUT2D eigenvalue weighted by molar-refractivity contribution is 6.04. The molecule has 158 valence electrons. The van der Waals surface area contributed by atoms with Crippen LogP contribution in [0.1, 0.15) is 39.2 Å². The minimum absolute atomic E-state index is 0.0958. The second-order valence-corrected chi connectivity index (χ2v) is 7.16. The quantitative estimate of drug-likeness (QED) is 0.507. The summed E-state index contributed by atoms with van der Waals surface area (Å²) in [6.07, 6.45) is 1.67. The van der Waals surface area contributed by atoms with E-state index in [0.29, 0.717) is 29.2 Å². The predicted molar refractivity (Wildman–Crippen MR) is 123 cm³/mol. The van der Waals surface area contributed by atoms with Gasteiger partial charge in [-0.15, -0.1) is 0 Å². The molecule has 1 unspecified atom stereocenters. The van der Waals surface area contributed by atoms with Crippen LogP contribution in [-0.2, 0) is 0 Å².